The molecule has 0 aromatic heterocycles. The van der Waals surface area contributed by atoms with Gasteiger partial charge in [-0.2, -0.15) is 0 Å². The van der Waals surface area contributed by atoms with Crippen LogP contribution in [0.3, 0.4) is 0 Å². The van der Waals surface area contributed by atoms with Gasteiger partial charge in [0.05, 0.1) is 0 Å². The van der Waals surface area contributed by atoms with Gasteiger partial charge in [0, 0.05) is 11.8 Å². The molecule has 10 atom stereocenters. The Balaban J connectivity index is 1.50. The summed E-state index contributed by atoms with van der Waals surface area (Å²) in [4.78, 5) is 0. The fourth-order valence-electron chi connectivity index (χ4n) is 7.92. The van der Waals surface area contributed by atoms with Crippen molar-refractivity contribution in [1.82, 2.24) is 0 Å². The second kappa shape index (κ2) is 2.47. The van der Waals surface area contributed by atoms with E-state index in [4.69, 9.17) is 0 Å². The van der Waals surface area contributed by atoms with Crippen LogP contribution >= 0.6 is 0 Å². The monoisotopic (exact) mass is 224 g/mol. The summed E-state index contributed by atoms with van der Waals surface area (Å²) in [5.74, 6) is 18.0. The maximum absolute atomic E-state index is 3.59. The maximum Gasteiger partial charge on any atom is 0.0249 e. The molecule has 0 heteroatoms. The Hall–Kier alpha value is -0.440. The Morgan fingerprint density at radius 1 is 0.588 bits per heavy atom. The molecule has 6 aliphatic carbocycles. The third kappa shape index (κ3) is 0.755. The van der Waals surface area contributed by atoms with E-state index in [1.807, 2.05) is 0 Å². The zero-order chi connectivity index (χ0) is 10.7. The highest BCUT2D eigenvalue weighted by atomic mass is 14.7. The summed E-state index contributed by atoms with van der Waals surface area (Å²) in [6, 6.07) is 0. The fourth-order valence-corrected chi connectivity index (χ4v) is 7.92. The first kappa shape index (κ1) is 8.63. The first-order valence-corrected chi connectivity index (χ1v) is 7.93. The van der Waals surface area contributed by atoms with Gasteiger partial charge in [-0.15, -0.1) is 0 Å². The third-order valence-electron chi connectivity index (χ3n) is 7.90. The van der Waals surface area contributed by atoms with Crippen LogP contribution in [0.4, 0.5) is 0 Å². The van der Waals surface area contributed by atoms with Crippen LogP contribution in [0, 0.1) is 71.0 Å². The number of rotatable bonds is 0. The summed E-state index contributed by atoms with van der Waals surface area (Å²) in [6.45, 7) is 0. The molecule has 0 radical (unpaired) electrons. The zero-order valence-corrected chi connectivity index (χ0v) is 10.3. The van der Waals surface area contributed by atoms with E-state index in [1.165, 1.54) is 18.3 Å². The largest absolute Gasteiger partial charge is 0.0992 e. The molecule has 6 bridgehead atoms. The molecule has 5 saturated carbocycles. The molecule has 0 spiro atoms. The van der Waals surface area contributed by atoms with Crippen molar-refractivity contribution in [2.75, 3.05) is 0 Å². The highest BCUT2D eigenvalue weighted by Gasteiger charge is 2.69. The molecule has 5 fully saturated rings. The molecular weight excluding hydrogens is 204 g/mol. The Morgan fingerprint density at radius 3 is 1.76 bits per heavy atom. The van der Waals surface area contributed by atoms with E-state index in [0.29, 0.717) is 0 Å². The average molecular weight is 224 g/mol. The minimum Gasteiger partial charge on any atom is -0.0992 e. The summed E-state index contributed by atoms with van der Waals surface area (Å²) >= 11 is 0. The van der Waals surface area contributed by atoms with Crippen molar-refractivity contribution < 1.29 is 0 Å². The van der Waals surface area contributed by atoms with Crippen LogP contribution in [0.5, 0.6) is 0 Å². The lowest BCUT2D eigenvalue weighted by Crippen LogP contribution is -2.39. The van der Waals surface area contributed by atoms with E-state index in [2.05, 4.69) is 11.8 Å². The minimum absolute atomic E-state index is 0.847. The van der Waals surface area contributed by atoms with E-state index in [9.17, 15) is 0 Å². The molecule has 0 aromatic carbocycles. The molecule has 6 aliphatic rings. The van der Waals surface area contributed by atoms with Gasteiger partial charge < -0.3 is 0 Å². The van der Waals surface area contributed by atoms with Gasteiger partial charge >= 0.3 is 0 Å². The van der Waals surface area contributed by atoms with E-state index in [-0.39, 0.29) is 0 Å². The first-order valence-electron chi connectivity index (χ1n) is 7.93. The van der Waals surface area contributed by atoms with Crippen molar-refractivity contribution in [2.24, 2.45) is 59.2 Å². The van der Waals surface area contributed by atoms with Crippen LogP contribution in [-0.2, 0) is 0 Å². The molecule has 17 heavy (non-hydrogen) atoms. The molecule has 6 rings (SSSR count). The molecule has 10 unspecified atom stereocenters. The van der Waals surface area contributed by atoms with Gasteiger partial charge in [-0.25, -0.2) is 0 Å². The van der Waals surface area contributed by atoms with E-state index in [0.717, 1.165) is 47.3 Å². The van der Waals surface area contributed by atoms with Crippen LogP contribution in [0.15, 0.2) is 0 Å². The summed E-state index contributed by atoms with van der Waals surface area (Å²) in [5, 5.41) is 0. The molecular formula is C17H20. The Bertz CT molecular complexity index is 428. The first-order chi connectivity index (χ1) is 8.42. The number of hydrogen-bond acceptors (Lipinski definition) is 0. The van der Waals surface area contributed by atoms with Crippen LogP contribution in [0.1, 0.15) is 32.1 Å². The van der Waals surface area contributed by atoms with Crippen LogP contribution in [0.2, 0.25) is 0 Å². The van der Waals surface area contributed by atoms with Crippen molar-refractivity contribution in [1.29, 1.82) is 0 Å². The average Bonchev–Trinajstić information content (AvgIpc) is 3.14. The lowest BCUT2D eigenvalue weighted by atomic mass is 9.61. The highest BCUT2D eigenvalue weighted by Crippen LogP contribution is 2.74. The quantitative estimate of drug-likeness (QED) is 0.438. The lowest BCUT2D eigenvalue weighted by Gasteiger charge is -2.43. The molecule has 0 aromatic rings. The third-order valence-corrected chi connectivity index (χ3v) is 7.90. The maximum atomic E-state index is 3.59. The van der Waals surface area contributed by atoms with Crippen molar-refractivity contribution in [3.8, 4) is 11.8 Å². The topological polar surface area (TPSA) is 0 Å². The van der Waals surface area contributed by atoms with E-state index in [1.54, 1.807) is 25.7 Å². The standard InChI is InChI=1S/C17H20/c1-2-9-5-8(1)14-12-7-13(15(9)14)17-11-4-3-10(6-11)16(12)17/h8-17H,1-2,5-7H2. The smallest absolute Gasteiger partial charge is 0.0249 e. The second-order valence-corrected chi connectivity index (χ2v) is 7.94. The van der Waals surface area contributed by atoms with E-state index < -0.39 is 0 Å². The van der Waals surface area contributed by atoms with Crippen molar-refractivity contribution in [2.45, 2.75) is 32.1 Å². The van der Waals surface area contributed by atoms with Gasteiger partial charge in [-0.1, -0.05) is 11.8 Å². The predicted octanol–water partition coefficient (Wildman–Crippen LogP) is 3.18. The van der Waals surface area contributed by atoms with Gasteiger partial charge in [0.25, 0.3) is 0 Å². The normalized spacial score (nSPS) is 71.5. The van der Waals surface area contributed by atoms with Crippen LogP contribution in [-0.4, -0.2) is 0 Å². The molecule has 88 valence electrons. The van der Waals surface area contributed by atoms with Gasteiger partial charge in [0.1, 0.15) is 0 Å². The summed E-state index contributed by atoms with van der Waals surface area (Å²) in [6.07, 6.45) is 7.86. The SMILES string of the molecule is C1#CC2CC1C1C3CC(C21)C1C2CCC(C2)C31. The van der Waals surface area contributed by atoms with Crippen molar-refractivity contribution in [3.63, 3.8) is 0 Å². The molecule has 0 saturated heterocycles. The minimum atomic E-state index is 0.847. The highest BCUT2D eigenvalue weighted by molar-refractivity contribution is 5.30. The molecule has 0 N–H and O–H groups in total. The molecule has 0 amide bonds. The van der Waals surface area contributed by atoms with Crippen molar-refractivity contribution >= 4 is 0 Å². The zero-order valence-electron chi connectivity index (χ0n) is 10.3. The van der Waals surface area contributed by atoms with Crippen LogP contribution < -0.4 is 0 Å². The number of fused-ring (bicyclic) bond motifs is 16. The van der Waals surface area contributed by atoms with E-state index >= 15 is 0 Å². The predicted molar refractivity (Wildman–Crippen MR) is 65.8 cm³/mol. The Morgan fingerprint density at radius 2 is 1.18 bits per heavy atom. The summed E-state index contributed by atoms with van der Waals surface area (Å²) in [7, 11) is 0. The molecule has 0 aliphatic heterocycles. The van der Waals surface area contributed by atoms with Crippen LogP contribution in [0.25, 0.3) is 0 Å². The van der Waals surface area contributed by atoms with Gasteiger partial charge in [-0.05, 0) is 79.4 Å². The van der Waals surface area contributed by atoms with Crippen molar-refractivity contribution in [3.05, 3.63) is 0 Å². The Kier molecular flexibility index (Phi) is 1.25. The Labute approximate surface area is 104 Å². The molecule has 0 nitrogen and oxygen atoms in total. The molecule has 0 heterocycles. The summed E-state index contributed by atoms with van der Waals surface area (Å²) < 4.78 is 0. The van der Waals surface area contributed by atoms with Gasteiger partial charge in [0.15, 0.2) is 0 Å². The lowest BCUT2D eigenvalue weighted by molar-refractivity contribution is 0.0539. The van der Waals surface area contributed by atoms with Gasteiger partial charge in [-0.3, -0.25) is 0 Å². The number of hydrogen-bond donors (Lipinski definition) is 0. The van der Waals surface area contributed by atoms with Gasteiger partial charge in [0.2, 0.25) is 0 Å². The summed E-state index contributed by atoms with van der Waals surface area (Å²) in [5.41, 5.74) is 0. The fraction of sp³-hybridized carbons (Fsp3) is 0.882. The second-order valence-electron chi connectivity index (χ2n) is 7.94.